The summed E-state index contributed by atoms with van der Waals surface area (Å²) in [5.41, 5.74) is 2.46. The van der Waals surface area contributed by atoms with Gasteiger partial charge >= 0.3 is 5.97 Å². The Kier molecular flexibility index (Phi) is 4.77. The second-order valence-corrected chi connectivity index (χ2v) is 4.49. The number of ether oxygens (including phenoxy) is 1. The van der Waals surface area contributed by atoms with Crippen LogP contribution < -0.4 is 5.32 Å². The van der Waals surface area contributed by atoms with Gasteiger partial charge in [0, 0.05) is 11.0 Å². The molecular formula is C11H13BrClNO2. The first-order valence-corrected chi connectivity index (χ1v) is 5.58. The Morgan fingerprint density at radius 3 is 2.94 bits per heavy atom. The molecule has 0 bridgehead atoms. The minimum atomic E-state index is -0.211. The van der Waals surface area contributed by atoms with Crippen molar-refractivity contribution in [1.29, 1.82) is 0 Å². The fraction of sp³-hybridized carbons (Fsp3) is 0.364. The van der Waals surface area contributed by atoms with E-state index in [2.05, 4.69) is 33.4 Å². The Hall–Kier alpha value is -0.580. The molecule has 88 valence electrons. The van der Waals surface area contributed by atoms with Crippen molar-refractivity contribution in [3.63, 3.8) is 0 Å². The van der Waals surface area contributed by atoms with Gasteiger partial charge in [-0.25, -0.2) is 0 Å². The van der Waals surface area contributed by atoms with Crippen molar-refractivity contribution in [2.45, 2.75) is 19.0 Å². The summed E-state index contributed by atoms with van der Waals surface area (Å²) >= 11 is 3.43. The number of carbonyl (C=O) groups is 1. The van der Waals surface area contributed by atoms with Crippen LogP contribution in [-0.2, 0) is 22.5 Å². The summed E-state index contributed by atoms with van der Waals surface area (Å²) in [6.07, 6.45) is 0.696. The molecule has 1 heterocycles. The van der Waals surface area contributed by atoms with Crippen LogP contribution in [0.3, 0.4) is 0 Å². The third-order valence-electron chi connectivity index (χ3n) is 2.62. The van der Waals surface area contributed by atoms with E-state index in [1.165, 1.54) is 18.2 Å². The summed E-state index contributed by atoms with van der Waals surface area (Å²) in [5.74, 6) is -0.194. The van der Waals surface area contributed by atoms with E-state index in [1.54, 1.807) is 0 Å². The summed E-state index contributed by atoms with van der Waals surface area (Å²) in [6.45, 7) is 0.725. The Balaban J connectivity index is 0.00000128. The SMILES string of the molecule is COC(=O)[C@@H]1Cc2cc(Br)ccc2CN1.Cl. The van der Waals surface area contributed by atoms with Crippen LogP contribution in [0.2, 0.25) is 0 Å². The van der Waals surface area contributed by atoms with Crippen LogP contribution in [0.25, 0.3) is 0 Å². The number of halogens is 2. The highest BCUT2D eigenvalue weighted by Gasteiger charge is 2.24. The lowest BCUT2D eigenvalue weighted by molar-refractivity contribution is -0.143. The average Bonchev–Trinajstić information content (AvgIpc) is 2.27. The van der Waals surface area contributed by atoms with Crippen LogP contribution >= 0.6 is 28.3 Å². The van der Waals surface area contributed by atoms with E-state index >= 15 is 0 Å². The smallest absolute Gasteiger partial charge is 0.323 e. The first kappa shape index (κ1) is 13.5. The van der Waals surface area contributed by atoms with Crippen LogP contribution in [0, 0.1) is 0 Å². The summed E-state index contributed by atoms with van der Waals surface area (Å²) in [6, 6.07) is 5.93. The number of carbonyl (C=O) groups excluding carboxylic acids is 1. The molecule has 2 rings (SSSR count). The number of benzene rings is 1. The molecule has 1 aromatic rings. The molecule has 0 amide bonds. The minimum absolute atomic E-state index is 0. The topological polar surface area (TPSA) is 38.3 Å². The van der Waals surface area contributed by atoms with Crippen LogP contribution in [0.15, 0.2) is 22.7 Å². The predicted molar refractivity (Wildman–Crippen MR) is 67.7 cm³/mol. The van der Waals surface area contributed by atoms with Gasteiger partial charge in [0.1, 0.15) is 6.04 Å². The molecular weight excluding hydrogens is 293 g/mol. The van der Waals surface area contributed by atoms with Crippen LogP contribution in [0.5, 0.6) is 0 Å². The molecule has 0 saturated carbocycles. The zero-order valence-corrected chi connectivity index (χ0v) is 11.2. The number of hydrogen-bond acceptors (Lipinski definition) is 3. The second kappa shape index (κ2) is 5.66. The van der Waals surface area contributed by atoms with Gasteiger partial charge in [0.25, 0.3) is 0 Å². The van der Waals surface area contributed by atoms with Gasteiger partial charge in [-0.3, -0.25) is 4.79 Å². The molecule has 1 aliphatic rings. The van der Waals surface area contributed by atoms with Crippen molar-refractivity contribution in [3.05, 3.63) is 33.8 Å². The Labute approximate surface area is 109 Å². The Morgan fingerprint density at radius 2 is 2.25 bits per heavy atom. The molecule has 1 N–H and O–H groups in total. The molecule has 5 heteroatoms. The van der Waals surface area contributed by atoms with E-state index in [-0.39, 0.29) is 24.4 Å². The third kappa shape index (κ3) is 2.75. The molecule has 1 atom stereocenters. The number of fused-ring (bicyclic) bond motifs is 1. The summed E-state index contributed by atoms with van der Waals surface area (Å²) in [7, 11) is 1.42. The first-order valence-electron chi connectivity index (χ1n) is 4.79. The van der Waals surface area contributed by atoms with Crippen molar-refractivity contribution >= 4 is 34.3 Å². The highest BCUT2D eigenvalue weighted by Crippen LogP contribution is 2.21. The van der Waals surface area contributed by atoms with Gasteiger partial charge in [-0.1, -0.05) is 22.0 Å². The molecule has 0 aliphatic carbocycles. The maximum absolute atomic E-state index is 11.4. The van der Waals surface area contributed by atoms with Gasteiger partial charge in [-0.05, 0) is 29.7 Å². The fourth-order valence-electron chi connectivity index (χ4n) is 1.79. The maximum atomic E-state index is 11.4. The van der Waals surface area contributed by atoms with Gasteiger partial charge in [-0.15, -0.1) is 12.4 Å². The largest absolute Gasteiger partial charge is 0.468 e. The lowest BCUT2D eigenvalue weighted by Gasteiger charge is -2.24. The van der Waals surface area contributed by atoms with E-state index in [4.69, 9.17) is 4.74 Å². The van der Waals surface area contributed by atoms with Crippen LogP contribution in [0.4, 0.5) is 0 Å². The molecule has 1 aliphatic heterocycles. The van der Waals surface area contributed by atoms with Crippen molar-refractivity contribution in [2.24, 2.45) is 0 Å². The zero-order chi connectivity index (χ0) is 10.8. The number of rotatable bonds is 1. The third-order valence-corrected chi connectivity index (χ3v) is 3.11. The number of esters is 1. The fourth-order valence-corrected chi connectivity index (χ4v) is 2.20. The second-order valence-electron chi connectivity index (χ2n) is 3.57. The summed E-state index contributed by atoms with van der Waals surface area (Å²) in [5, 5.41) is 3.16. The van der Waals surface area contributed by atoms with Crippen molar-refractivity contribution < 1.29 is 9.53 Å². The normalized spacial score (nSPS) is 18.2. The molecule has 0 unspecified atom stereocenters. The van der Waals surface area contributed by atoms with Crippen LogP contribution in [-0.4, -0.2) is 19.1 Å². The molecule has 3 nitrogen and oxygen atoms in total. The number of nitrogens with one attached hydrogen (secondary N) is 1. The van der Waals surface area contributed by atoms with Crippen molar-refractivity contribution in [1.82, 2.24) is 5.32 Å². The molecule has 0 aromatic heterocycles. The number of methoxy groups -OCH3 is 1. The zero-order valence-electron chi connectivity index (χ0n) is 8.83. The van der Waals surface area contributed by atoms with E-state index in [0.717, 1.165) is 11.0 Å². The Morgan fingerprint density at radius 1 is 1.50 bits per heavy atom. The van der Waals surface area contributed by atoms with Crippen LogP contribution in [0.1, 0.15) is 11.1 Å². The van der Waals surface area contributed by atoms with E-state index in [1.807, 2.05) is 6.07 Å². The molecule has 0 fully saturated rings. The molecule has 0 saturated heterocycles. The monoisotopic (exact) mass is 305 g/mol. The lowest BCUT2D eigenvalue weighted by Crippen LogP contribution is -2.42. The maximum Gasteiger partial charge on any atom is 0.323 e. The standard InChI is InChI=1S/C11H12BrNO2.ClH/c1-15-11(14)10-5-8-4-9(12)3-2-7(8)6-13-10;/h2-4,10,13H,5-6H2,1H3;1H/t10-;/m0./s1. The van der Waals surface area contributed by atoms with Gasteiger partial charge in [0.2, 0.25) is 0 Å². The van der Waals surface area contributed by atoms with E-state index in [9.17, 15) is 4.79 Å². The Bertz CT molecular complexity index is 398. The molecule has 0 spiro atoms. The summed E-state index contributed by atoms with van der Waals surface area (Å²) in [4.78, 5) is 11.4. The van der Waals surface area contributed by atoms with Crippen molar-refractivity contribution in [2.75, 3.05) is 7.11 Å². The average molecular weight is 307 g/mol. The van der Waals surface area contributed by atoms with E-state index < -0.39 is 0 Å². The molecule has 0 radical (unpaired) electrons. The van der Waals surface area contributed by atoms with E-state index in [0.29, 0.717) is 6.42 Å². The van der Waals surface area contributed by atoms with Gasteiger partial charge < -0.3 is 10.1 Å². The lowest BCUT2D eigenvalue weighted by atomic mass is 9.96. The highest BCUT2D eigenvalue weighted by molar-refractivity contribution is 9.10. The number of hydrogen-bond donors (Lipinski definition) is 1. The predicted octanol–water partition coefficient (Wildman–Crippen LogP) is 2.06. The minimum Gasteiger partial charge on any atom is -0.468 e. The van der Waals surface area contributed by atoms with Gasteiger partial charge in [0.15, 0.2) is 0 Å². The van der Waals surface area contributed by atoms with Gasteiger partial charge in [0.05, 0.1) is 7.11 Å². The quantitative estimate of drug-likeness (QED) is 0.807. The van der Waals surface area contributed by atoms with Crippen molar-refractivity contribution in [3.8, 4) is 0 Å². The first-order chi connectivity index (χ1) is 7.20. The molecule has 1 aromatic carbocycles. The highest BCUT2D eigenvalue weighted by atomic mass is 79.9. The van der Waals surface area contributed by atoms with Gasteiger partial charge in [-0.2, -0.15) is 0 Å². The molecule has 16 heavy (non-hydrogen) atoms. The summed E-state index contributed by atoms with van der Waals surface area (Å²) < 4.78 is 5.77.